The van der Waals surface area contributed by atoms with Crippen molar-refractivity contribution < 1.29 is 38.3 Å². The third kappa shape index (κ3) is 7.49. The molecule has 1 fully saturated rings. The van der Waals surface area contributed by atoms with Crippen molar-refractivity contribution >= 4 is 5.91 Å². The normalized spacial score (nSPS) is 20.6. The van der Waals surface area contributed by atoms with Gasteiger partial charge in [-0.05, 0) is 50.1 Å². The molecule has 1 heterocycles. The summed E-state index contributed by atoms with van der Waals surface area (Å²) < 4.78 is 34.1. The Morgan fingerprint density at radius 2 is 1.78 bits per heavy atom. The van der Waals surface area contributed by atoms with Gasteiger partial charge in [0.2, 0.25) is 0 Å². The molecule has 3 atom stereocenters. The molecule has 1 aliphatic heterocycles. The molecule has 2 aromatic rings. The van der Waals surface area contributed by atoms with E-state index >= 15 is 0 Å². The third-order valence-corrected chi connectivity index (χ3v) is 5.94. The highest BCUT2D eigenvalue weighted by molar-refractivity contribution is 5.94. The molecule has 2 N–H and O–H groups in total. The van der Waals surface area contributed by atoms with Gasteiger partial charge in [0.25, 0.3) is 5.91 Å². The molecule has 0 spiro atoms. The summed E-state index contributed by atoms with van der Waals surface area (Å²) in [6.45, 7) is 3.95. The van der Waals surface area contributed by atoms with Gasteiger partial charge in [0.15, 0.2) is 5.79 Å². The predicted molar refractivity (Wildman–Crippen MR) is 133 cm³/mol. The Hall–Kier alpha value is -2.53. The highest BCUT2D eigenvalue weighted by Gasteiger charge is 2.53. The number of amides is 1. The van der Waals surface area contributed by atoms with Crippen LogP contribution in [0, 0.1) is 0 Å². The van der Waals surface area contributed by atoms with Crippen LogP contribution in [0.5, 0.6) is 5.75 Å². The summed E-state index contributed by atoms with van der Waals surface area (Å²) in [5, 5.41) is 13.5. The van der Waals surface area contributed by atoms with Crippen molar-refractivity contribution in [3.8, 4) is 5.75 Å². The largest absolute Gasteiger partial charge is 0.497 e. The SMILES string of the molecule is COCOC[C@](CO)(NC(=O)c1ccccc1)[C@H]1OC(C)(C)O[C@@H]1CCOCc1ccc(OC)cc1. The van der Waals surface area contributed by atoms with E-state index in [1.165, 1.54) is 7.11 Å². The zero-order chi connectivity index (χ0) is 26.0. The summed E-state index contributed by atoms with van der Waals surface area (Å²) in [5.74, 6) is -0.493. The topological polar surface area (TPSA) is 105 Å². The fraction of sp³-hybridized carbons (Fsp3) is 0.519. The third-order valence-electron chi connectivity index (χ3n) is 5.94. The van der Waals surface area contributed by atoms with Crippen molar-refractivity contribution in [2.75, 3.05) is 40.8 Å². The van der Waals surface area contributed by atoms with Gasteiger partial charge >= 0.3 is 0 Å². The summed E-state index contributed by atoms with van der Waals surface area (Å²) in [7, 11) is 3.13. The van der Waals surface area contributed by atoms with E-state index in [2.05, 4.69) is 5.32 Å². The Morgan fingerprint density at radius 1 is 1.06 bits per heavy atom. The van der Waals surface area contributed by atoms with Crippen molar-refractivity contribution in [1.82, 2.24) is 5.32 Å². The van der Waals surface area contributed by atoms with Crippen LogP contribution in [-0.4, -0.2) is 75.4 Å². The minimum Gasteiger partial charge on any atom is -0.497 e. The van der Waals surface area contributed by atoms with Crippen LogP contribution in [0.1, 0.15) is 36.2 Å². The average molecular weight is 504 g/mol. The maximum atomic E-state index is 13.1. The van der Waals surface area contributed by atoms with Gasteiger partial charge in [0, 0.05) is 19.3 Å². The smallest absolute Gasteiger partial charge is 0.251 e. The van der Waals surface area contributed by atoms with Crippen LogP contribution in [0.15, 0.2) is 54.6 Å². The summed E-state index contributed by atoms with van der Waals surface area (Å²) in [6.07, 6.45) is -0.686. The summed E-state index contributed by atoms with van der Waals surface area (Å²) in [5.41, 5.74) is 0.198. The van der Waals surface area contributed by atoms with E-state index in [-0.39, 0.29) is 19.3 Å². The predicted octanol–water partition coefficient (Wildman–Crippen LogP) is 2.90. The zero-order valence-corrected chi connectivity index (χ0v) is 21.4. The molecule has 9 heteroatoms. The quantitative estimate of drug-likeness (QED) is 0.300. The Labute approximate surface area is 212 Å². The van der Waals surface area contributed by atoms with Gasteiger partial charge in [-0.3, -0.25) is 4.79 Å². The van der Waals surface area contributed by atoms with E-state index < -0.39 is 30.1 Å². The molecule has 198 valence electrons. The number of ether oxygens (including phenoxy) is 6. The van der Waals surface area contributed by atoms with Crippen LogP contribution >= 0.6 is 0 Å². The molecule has 0 unspecified atom stereocenters. The van der Waals surface area contributed by atoms with Crippen molar-refractivity contribution in [3.63, 3.8) is 0 Å². The maximum Gasteiger partial charge on any atom is 0.251 e. The Balaban J connectivity index is 1.72. The number of carbonyl (C=O) groups is 1. The van der Waals surface area contributed by atoms with Crippen LogP contribution in [0.4, 0.5) is 0 Å². The number of rotatable bonds is 14. The Kier molecular flexibility index (Phi) is 10.2. The Morgan fingerprint density at radius 3 is 2.42 bits per heavy atom. The fourth-order valence-electron chi connectivity index (χ4n) is 4.19. The van der Waals surface area contributed by atoms with Gasteiger partial charge < -0.3 is 38.8 Å². The minimum atomic E-state index is -1.28. The lowest BCUT2D eigenvalue weighted by molar-refractivity contribution is -0.162. The molecule has 1 saturated heterocycles. The van der Waals surface area contributed by atoms with Crippen molar-refractivity contribution in [2.45, 2.75) is 50.4 Å². The van der Waals surface area contributed by atoms with E-state index in [4.69, 9.17) is 28.4 Å². The highest BCUT2D eigenvalue weighted by Crippen LogP contribution is 2.36. The van der Waals surface area contributed by atoms with E-state index in [0.717, 1.165) is 11.3 Å². The van der Waals surface area contributed by atoms with Gasteiger partial charge in [-0.25, -0.2) is 0 Å². The molecular formula is C27H37NO8. The molecule has 0 aromatic heterocycles. The number of aliphatic hydroxyl groups excluding tert-OH is 1. The second-order valence-electron chi connectivity index (χ2n) is 9.17. The second-order valence-corrected chi connectivity index (χ2v) is 9.17. The second kappa shape index (κ2) is 13.1. The number of nitrogens with one attached hydrogen (secondary N) is 1. The summed E-state index contributed by atoms with van der Waals surface area (Å²) in [4.78, 5) is 13.1. The number of hydrogen-bond acceptors (Lipinski definition) is 8. The number of hydrogen-bond donors (Lipinski definition) is 2. The lowest BCUT2D eigenvalue weighted by Gasteiger charge is -2.39. The lowest BCUT2D eigenvalue weighted by atomic mass is 9.88. The Bertz CT molecular complexity index is 937. The molecule has 0 aliphatic carbocycles. The van der Waals surface area contributed by atoms with Crippen molar-refractivity contribution in [3.05, 3.63) is 65.7 Å². The van der Waals surface area contributed by atoms with E-state index in [1.54, 1.807) is 45.2 Å². The highest BCUT2D eigenvalue weighted by atomic mass is 16.8. The lowest BCUT2D eigenvalue weighted by Crippen LogP contribution is -2.65. The monoisotopic (exact) mass is 503 g/mol. The van der Waals surface area contributed by atoms with Gasteiger partial charge in [-0.1, -0.05) is 30.3 Å². The van der Waals surface area contributed by atoms with Crippen molar-refractivity contribution in [2.24, 2.45) is 0 Å². The summed E-state index contributed by atoms with van der Waals surface area (Å²) in [6, 6.07) is 16.5. The van der Waals surface area contributed by atoms with E-state index in [0.29, 0.717) is 25.2 Å². The first-order valence-electron chi connectivity index (χ1n) is 11.9. The average Bonchev–Trinajstić information content (AvgIpc) is 3.21. The van der Waals surface area contributed by atoms with Crippen LogP contribution in [0.25, 0.3) is 0 Å². The number of benzene rings is 2. The van der Waals surface area contributed by atoms with Gasteiger partial charge in [0.1, 0.15) is 24.2 Å². The molecule has 0 radical (unpaired) electrons. The van der Waals surface area contributed by atoms with Crippen LogP contribution in [0.2, 0.25) is 0 Å². The van der Waals surface area contributed by atoms with Gasteiger partial charge in [-0.2, -0.15) is 0 Å². The van der Waals surface area contributed by atoms with Crippen LogP contribution in [0.3, 0.4) is 0 Å². The first kappa shape index (κ1) is 28.0. The molecule has 36 heavy (non-hydrogen) atoms. The molecule has 0 saturated carbocycles. The minimum absolute atomic E-state index is 0.00440. The fourth-order valence-corrected chi connectivity index (χ4v) is 4.19. The van der Waals surface area contributed by atoms with E-state index in [1.807, 2.05) is 30.3 Å². The molecule has 1 amide bonds. The molecule has 3 rings (SSSR count). The molecule has 0 bridgehead atoms. The van der Waals surface area contributed by atoms with Gasteiger partial charge in [-0.15, -0.1) is 0 Å². The molecule has 9 nitrogen and oxygen atoms in total. The van der Waals surface area contributed by atoms with Crippen molar-refractivity contribution in [1.29, 1.82) is 0 Å². The first-order chi connectivity index (χ1) is 17.3. The van der Waals surface area contributed by atoms with Crippen LogP contribution < -0.4 is 10.1 Å². The number of methoxy groups -OCH3 is 2. The summed E-state index contributed by atoms with van der Waals surface area (Å²) >= 11 is 0. The maximum absolute atomic E-state index is 13.1. The molecular weight excluding hydrogens is 466 g/mol. The zero-order valence-electron chi connectivity index (χ0n) is 21.4. The standard InChI is InChI=1S/C27H37NO8/c1-26(2)35-23(14-15-33-16-20-10-12-22(32-4)13-11-20)24(36-26)27(17-29,18-34-19-31-3)28-25(30)21-8-6-5-7-9-21/h5-13,23-24,29H,14-19H2,1-4H3,(H,28,30)/t23-,24+,27+/m1/s1. The number of aliphatic hydroxyl groups is 1. The van der Waals surface area contributed by atoms with Crippen LogP contribution in [-0.2, 0) is 30.3 Å². The van der Waals surface area contributed by atoms with Gasteiger partial charge in [0.05, 0.1) is 33.0 Å². The molecule has 2 aromatic carbocycles. The molecule has 1 aliphatic rings. The number of carbonyl (C=O) groups excluding carboxylic acids is 1. The first-order valence-corrected chi connectivity index (χ1v) is 11.9. The van der Waals surface area contributed by atoms with E-state index in [9.17, 15) is 9.90 Å².